The van der Waals surface area contributed by atoms with Crippen LogP contribution in [0.5, 0.6) is 0 Å². The molecule has 0 radical (unpaired) electrons. The lowest BCUT2D eigenvalue weighted by atomic mass is 10.1. The smallest absolute Gasteiger partial charge is 0.137 e. The summed E-state index contributed by atoms with van der Waals surface area (Å²) >= 11 is 0. The third kappa shape index (κ3) is 3.22. The molecule has 2 rings (SSSR count). The van der Waals surface area contributed by atoms with E-state index in [4.69, 9.17) is 9.15 Å². The number of hydrogen-bond donors (Lipinski definition) is 1. The molecular weight excluding hydrogens is 250 g/mol. The maximum atomic E-state index is 6.11. The highest BCUT2D eigenvalue weighted by Gasteiger charge is 2.15. The van der Waals surface area contributed by atoms with Crippen LogP contribution in [0.1, 0.15) is 37.7 Å². The van der Waals surface area contributed by atoms with E-state index in [-0.39, 0.29) is 0 Å². The zero-order valence-electron chi connectivity index (χ0n) is 13.0. The van der Waals surface area contributed by atoms with E-state index in [1.165, 1.54) is 16.5 Å². The van der Waals surface area contributed by atoms with Crippen molar-refractivity contribution in [2.75, 3.05) is 13.7 Å². The number of para-hydroxylation sites is 1. The Morgan fingerprint density at radius 3 is 2.75 bits per heavy atom. The standard InChI is InChI=1S/C17H25NO2/c1-5-13-7-6-8-14-15(11-19-4)16(20-17(13)14)10-18-9-12(2)3/h6-8,12,18H,5,9-11H2,1-4H3. The van der Waals surface area contributed by atoms with E-state index >= 15 is 0 Å². The fourth-order valence-corrected chi connectivity index (χ4v) is 2.48. The molecule has 0 bridgehead atoms. The van der Waals surface area contributed by atoms with Crippen LogP contribution in [0.3, 0.4) is 0 Å². The monoisotopic (exact) mass is 275 g/mol. The Hall–Kier alpha value is -1.32. The van der Waals surface area contributed by atoms with E-state index in [0.717, 1.165) is 30.9 Å². The minimum Gasteiger partial charge on any atom is -0.459 e. The molecule has 0 unspecified atom stereocenters. The van der Waals surface area contributed by atoms with Gasteiger partial charge in [0.2, 0.25) is 0 Å². The molecule has 3 nitrogen and oxygen atoms in total. The molecule has 20 heavy (non-hydrogen) atoms. The molecule has 0 amide bonds. The number of ether oxygens (including phenoxy) is 1. The fourth-order valence-electron chi connectivity index (χ4n) is 2.48. The molecule has 1 heterocycles. The number of aryl methyl sites for hydroxylation is 1. The Morgan fingerprint density at radius 1 is 1.30 bits per heavy atom. The quantitative estimate of drug-likeness (QED) is 0.832. The van der Waals surface area contributed by atoms with Crippen LogP contribution in [0.15, 0.2) is 22.6 Å². The minimum absolute atomic E-state index is 0.596. The average molecular weight is 275 g/mol. The summed E-state index contributed by atoms with van der Waals surface area (Å²) in [5.41, 5.74) is 3.45. The SMILES string of the molecule is CCc1cccc2c(COC)c(CNCC(C)C)oc12. The highest BCUT2D eigenvalue weighted by molar-refractivity contribution is 5.85. The number of fused-ring (bicyclic) bond motifs is 1. The summed E-state index contributed by atoms with van der Waals surface area (Å²) in [4.78, 5) is 0. The summed E-state index contributed by atoms with van der Waals surface area (Å²) in [5.74, 6) is 1.64. The zero-order chi connectivity index (χ0) is 14.5. The summed E-state index contributed by atoms with van der Waals surface area (Å²) in [6, 6.07) is 6.35. The van der Waals surface area contributed by atoms with Gasteiger partial charge in [0.15, 0.2) is 0 Å². The Kier molecular flexibility index (Phi) is 5.21. The van der Waals surface area contributed by atoms with Crippen molar-refractivity contribution >= 4 is 11.0 Å². The maximum Gasteiger partial charge on any atom is 0.137 e. The third-order valence-corrected chi connectivity index (χ3v) is 3.49. The number of hydrogen-bond acceptors (Lipinski definition) is 3. The number of furan rings is 1. The van der Waals surface area contributed by atoms with E-state index < -0.39 is 0 Å². The fraction of sp³-hybridized carbons (Fsp3) is 0.529. The Labute approximate surface area is 121 Å². The molecule has 1 aromatic heterocycles. The summed E-state index contributed by atoms with van der Waals surface area (Å²) in [6.07, 6.45) is 0.982. The van der Waals surface area contributed by atoms with Gasteiger partial charge < -0.3 is 14.5 Å². The minimum atomic E-state index is 0.596. The molecule has 0 saturated carbocycles. The second-order valence-electron chi connectivity index (χ2n) is 5.61. The molecule has 0 spiro atoms. The van der Waals surface area contributed by atoms with E-state index in [0.29, 0.717) is 12.5 Å². The van der Waals surface area contributed by atoms with Gasteiger partial charge in [-0.25, -0.2) is 0 Å². The van der Waals surface area contributed by atoms with Crippen LogP contribution >= 0.6 is 0 Å². The highest BCUT2D eigenvalue weighted by Crippen LogP contribution is 2.29. The van der Waals surface area contributed by atoms with Crippen LogP contribution < -0.4 is 5.32 Å². The number of nitrogens with one attached hydrogen (secondary N) is 1. The van der Waals surface area contributed by atoms with Crippen molar-refractivity contribution in [1.82, 2.24) is 5.32 Å². The molecule has 3 heteroatoms. The lowest BCUT2D eigenvalue weighted by Crippen LogP contribution is -2.19. The first-order valence-electron chi connectivity index (χ1n) is 7.39. The second-order valence-corrected chi connectivity index (χ2v) is 5.61. The molecule has 0 aliphatic heterocycles. The van der Waals surface area contributed by atoms with Crippen LogP contribution in [0, 0.1) is 5.92 Å². The average Bonchev–Trinajstić information content (AvgIpc) is 2.77. The molecule has 2 aromatic rings. The van der Waals surface area contributed by atoms with Crippen molar-refractivity contribution in [3.63, 3.8) is 0 Å². The predicted octanol–water partition coefficient (Wildman–Crippen LogP) is 3.89. The first-order valence-corrected chi connectivity index (χ1v) is 7.39. The van der Waals surface area contributed by atoms with Gasteiger partial charge >= 0.3 is 0 Å². The van der Waals surface area contributed by atoms with Crippen LogP contribution in [0.4, 0.5) is 0 Å². The second kappa shape index (κ2) is 6.91. The van der Waals surface area contributed by atoms with Gasteiger partial charge in [-0.2, -0.15) is 0 Å². The summed E-state index contributed by atoms with van der Waals surface area (Å²) in [5, 5.41) is 4.64. The Bertz CT molecular complexity index is 557. The first kappa shape index (κ1) is 15.1. The van der Waals surface area contributed by atoms with Gasteiger partial charge in [0.1, 0.15) is 11.3 Å². The highest BCUT2D eigenvalue weighted by atomic mass is 16.5. The van der Waals surface area contributed by atoms with Crippen molar-refractivity contribution in [3.05, 3.63) is 35.1 Å². The molecule has 0 aliphatic carbocycles. The topological polar surface area (TPSA) is 34.4 Å². The van der Waals surface area contributed by atoms with Gasteiger partial charge in [0, 0.05) is 18.1 Å². The zero-order valence-corrected chi connectivity index (χ0v) is 13.0. The molecule has 0 fully saturated rings. The molecule has 110 valence electrons. The Balaban J connectivity index is 2.34. The van der Waals surface area contributed by atoms with E-state index in [2.05, 4.69) is 44.3 Å². The van der Waals surface area contributed by atoms with Crippen molar-refractivity contribution in [1.29, 1.82) is 0 Å². The molecule has 0 aliphatic rings. The maximum absolute atomic E-state index is 6.11. The normalized spacial score (nSPS) is 11.7. The summed E-state index contributed by atoms with van der Waals surface area (Å²) in [7, 11) is 1.73. The van der Waals surface area contributed by atoms with Crippen molar-refractivity contribution in [3.8, 4) is 0 Å². The van der Waals surface area contributed by atoms with Crippen molar-refractivity contribution in [2.24, 2.45) is 5.92 Å². The van der Waals surface area contributed by atoms with Crippen molar-refractivity contribution in [2.45, 2.75) is 40.3 Å². The van der Waals surface area contributed by atoms with Crippen LogP contribution in [0.25, 0.3) is 11.0 Å². The van der Waals surface area contributed by atoms with Gasteiger partial charge in [-0.3, -0.25) is 0 Å². The predicted molar refractivity (Wildman–Crippen MR) is 82.8 cm³/mol. The van der Waals surface area contributed by atoms with Gasteiger partial charge in [0.05, 0.1) is 13.2 Å². The lowest BCUT2D eigenvalue weighted by Gasteiger charge is -2.07. The number of benzene rings is 1. The molecule has 0 saturated heterocycles. The van der Waals surface area contributed by atoms with Crippen LogP contribution in [0.2, 0.25) is 0 Å². The van der Waals surface area contributed by atoms with Gasteiger partial charge in [-0.1, -0.05) is 39.0 Å². The third-order valence-electron chi connectivity index (χ3n) is 3.49. The first-order chi connectivity index (χ1) is 9.67. The van der Waals surface area contributed by atoms with Gasteiger partial charge in [0.25, 0.3) is 0 Å². The van der Waals surface area contributed by atoms with Crippen molar-refractivity contribution < 1.29 is 9.15 Å². The largest absolute Gasteiger partial charge is 0.459 e. The molecular formula is C17H25NO2. The van der Waals surface area contributed by atoms with E-state index in [9.17, 15) is 0 Å². The molecule has 1 aromatic carbocycles. The summed E-state index contributed by atoms with van der Waals surface area (Å²) < 4.78 is 11.5. The summed E-state index contributed by atoms with van der Waals surface area (Å²) in [6.45, 7) is 8.91. The van der Waals surface area contributed by atoms with Crippen LogP contribution in [-0.4, -0.2) is 13.7 Å². The van der Waals surface area contributed by atoms with E-state index in [1.54, 1.807) is 7.11 Å². The van der Waals surface area contributed by atoms with Crippen LogP contribution in [-0.2, 0) is 24.3 Å². The number of methoxy groups -OCH3 is 1. The number of rotatable bonds is 7. The molecule has 0 atom stereocenters. The Morgan fingerprint density at radius 2 is 2.10 bits per heavy atom. The molecule has 1 N–H and O–H groups in total. The lowest BCUT2D eigenvalue weighted by molar-refractivity contribution is 0.183. The van der Waals surface area contributed by atoms with Gasteiger partial charge in [-0.05, 0) is 24.4 Å². The van der Waals surface area contributed by atoms with Gasteiger partial charge in [-0.15, -0.1) is 0 Å². The van der Waals surface area contributed by atoms with E-state index in [1.807, 2.05) is 0 Å².